The molecule has 0 bridgehead atoms. The Labute approximate surface area is 336 Å². The molecule has 10 rings (SSSR count). The van der Waals surface area contributed by atoms with Crippen molar-refractivity contribution < 1.29 is 44.0 Å². The summed E-state index contributed by atoms with van der Waals surface area (Å²) in [5, 5.41) is 19.4. The number of fused-ring (bicyclic) bond motifs is 5. The quantitative estimate of drug-likeness (QED) is 0.126. The van der Waals surface area contributed by atoms with Crippen molar-refractivity contribution in [3.63, 3.8) is 0 Å². The maximum atomic E-state index is 15.8. The van der Waals surface area contributed by atoms with Gasteiger partial charge in [0.2, 0.25) is 11.8 Å². The molecule has 7 nitrogen and oxygen atoms in total. The summed E-state index contributed by atoms with van der Waals surface area (Å²) >= 11 is 0. The molecule has 0 aliphatic carbocycles. The van der Waals surface area contributed by atoms with E-state index < -0.39 is 79.9 Å². The standard InChI is InChI=1S/C46H17F8N5O2/c47-37-27(18-55)38(48)42(52)35(41(37)51)22-13-23(36-43(53)39(49)28(19-56)40(50)44(36)54)15-24(14-22)59-31-11-9-20(45-57-29-5-1-3-7-33(29)60-45)16-25(31)26-17-21(10-12-32(26)59)46-58-30-6-2-4-8-34(30)61-46/h1-17H. The topological polar surface area (TPSA) is 105 Å². The van der Waals surface area contributed by atoms with Crippen LogP contribution < -0.4 is 0 Å². The first-order chi connectivity index (χ1) is 29.5. The minimum absolute atomic E-state index is 0.176. The first-order valence-electron chi connectivity index (χ1n) is 18.0. The zero-order valence-electron chi connectivity index (χ0n) is 30.4. The number of oxazole rings is 2. The average molecular weight is 824 g/mol. The van der Waals surface area contributed by atoms with Crippen molar-refractivity contribution in [3.05, 3.63) is 161 Å². The highest BCUT2D eigenvalue weighted by Gasteiger charge is 2.31. The number of halogens is 8. The van der Waals surface area contributed by atoms with E-state index in [1.165, 1.54) is 4.57 Å². The van der Waals surface area contributed by atoms with Crippen LogP contribution in [0.5, 0.6) is 0 Å². The van der Waals surface area contributed by atoms with E-state index >= 15 is 35.1 Å². The average Bonchev–Trinajstić information content (AvgIpc) is 3.99. The van der Waals surface area contributed by atoms with Crippen LogP contribution in [0.1, 0.15) is 11.1 Å². The zero-order chi connectivity index (χ0) is 42.4. The summed E-state index contributed by atoms with van der Waals surface area (Å²) in [4.78, 5) is 9.19. The van der Waals surface area contributed by atoms with Gasteiger partial charge in [-0.25, -0.2) is 45.1 Å². The molecule has 0 radical (unpaired) electrons. The number of rotatable bonds is 5. The molecule has 0 amide bonds. The molecule has 0 aliphatic heterocycles. The Balaban J connectivity index is 1.30. The number of hydrogen-bond acceptors (Lipinski definition) is 6. The normalized spacial score (nSPS) is 11.6. The van der Waals surface area contributed by atoms with Crippen LogP contribution in [0, 0.1) is 69.2 Å². The minimum Gasteiger partial charge on any atom is -0.436 e. The summed E-state index contributed by atoms with van der Waals surface area (Å²) in [6.07, 6.45) is 0. The van der Waals surface area contributed by atoms with E-state index in [0.717, 1.165) is 24.3 Å². The van der Waals surface area contributed by atoms with Crippen molar-refractivity contribution in [2.24, 2.45) is 0 Å². The Morgan fingerprint density at radius 2 is 0.836 bits per heavy atom. The van der Waals surface area contributed by atoms with Crippen LogP contribution in [0.25, 0.3) is 94.9 Å². The largest absolute Gasteiger partial charge is 0.436 e. The molecule has 0 fully saturated rings. The Kier molecular flexibility index (Phi) is 8.27. The van der Waals surface area contributed by atoms with Crippen molar-refractivity contribution in [2.45, 2.75) is 0 Å². The lowest BCUT2D eigenvalue weighted by Crippen LogP contribution is -2.06. The molecular formula is C46H17F8N5O2. The number of aromatic nitrogens is 3. The Morgan fingerprint density at radius 1 is 0.443 bits per heavy atom. The van der Waals surface area contributed by atoms with Gasteiger partial charge in [-0.3, -0.25) is 0 Å². The number of benzene rings is 7. The van der Waals surface area contributed by atoms with Gasteiger partial charge in [-0.05, 0) is 90.0 Å². The van der Waals surface area contributed by atoms with Crippen LogP contribution in [-0.2, 0) is 0 Å². The summed E-state index contributed by atoms with van der Waals surface area (Å²) in [6.45, 7) is 0. The van der Waals surface area contributed by atoms with Crippen LogP contribution in [0.3, 0.4) is 0 Å². The molecule has 10 aromatic rings. The SMILES string of the molecule is N#Cc1c(F)c(F)c(-c2cc(-c3c(F)c(F)c(C#N)c(F)c3F)cc(-n3c4ccc(-c5nc6ccccc6o5)cc4c4cc(-c5nc6ccccc6o5)ccc43)c2)c(F)c1F. The molecule has 0 saturated heterocycles. The van der Waals surface area contributed by atoms with Crippen molar-refractivity contribution in [3.8, 4) is 63.0 Å². The molecule has 0 atom stereocenters. The Hall–Kier alpha value is -8.30. The molecule has 7 aromatic carbocycles. The molecular weight excluding hydrogens is 807 g/mol. The molecule has 0 unspecified atom stereocenters. The van der Waals surface area contributed by atoms with E-state index in [0.29, 0.717) is 61.2 Å². The summed E-state index contributed by atoms with van der Waals surface area (Å²) in [5.41, 5.74) is -3.78. The molecule has 15 heteroatoms. The fourth-order valence-corrected chi connectivity index (χ4v) is 7.55. The third kappa shape index (κ3) is 5.55. The van der Waals surface area contributed by atoms with Gasteiger partial charge < -0.3 is 13.4 Å². The Morgan fingerprint density at radius 3 is 1.21 bits per heavy atom. The maximum absolute atomic E-state index is 15.8. The second-order valence-corrected chi connectivity index (χ2v) is 13.8. The van der Waals surface area contributed by atoms with Gasteiger partial charge in [-0.15, -0.1) is 0 Å². The van der Waals surface area contributed by atoms with Crippen LogP contribution >= 0.6 is 0 Å². The van der Waals surface area contributed by atoms with Crippen LogP contribution in [0.2, 0.25) is 0 Å². The first-order valence-corrected chi connectivity index (χ1v) is 18.0. The van der Waals surface area contributed by atoms with Gasteiger partial charge in [0.25, 0.3) is 0 Å². The highest BCUT2D eigenvalue weighted by atomic mass is 19.2. The number of hydrogen-bond donors (Lipinski definition) is 0. The van der Waals surface area contributed by atoms with E-state index in [1.54, 1.807) is 84.9 Å². The lowest BCUT2D eigenvalue weighted by Gasteiger charge is -2.16. The van der Waals surface area contributed by atoms with Gasteiger partial charge in [-0.1, -0.05) is 24.3 Å². The fourth-order valence-electron chi connectivity index (χ4n) is 7.55. The van der Waals surface area contributed by atoms with Crippen molar-refractivity contribution in [2.75, 3.05) is 0 Å². The summed E-state index contributed by atoms with van der Waals surface area (Å²) in [7, 11) is 0. The van der Waals surface area contributed by atoms with Gasteiger partial charge >= 0.3 is 0 Å². The van der Waals surface area contributed by atoms with Crippen LogP contribution in [-0.4, -0.2) is 14.5 Å². The molecule has 3 heterocycles. The number of nitrogens with zero attached hydrogens (tertiary/aromatic N) is 5. The monoisotopic (exact) mass is 823 g/mol. The smallest absolute Gasteiger partial charge is 0.227 e. The van der Waals surface area contributed by atoms with Gasteiger partial charge in [0.15, 0.2) is 57.7 Å². The van der Waals surface area contributed by atoms with Crippen LogP contribution in [0.4, 0.5) is 35.1 Å². The van der Waals surface area contributed by atoms with Crippen molar-refractivity contribution in [1.29, 1.82) is 10.5 Å². The lowest BCUT2D eigenvalue weighted by atomic mass is 9.94. The molecule has 0 N–H and O–H groups in total. The fraction of sp³-hybridized carbons (Fsp3) is 0. The number of para-hydroxylation sites is 4. The molecule has 0 spiro atoms. The maximum Gasteiger partial charge on any atom is 0.227 e. The predicted molar refractivity (Wildman–Crippen MR) is 207 cm³/mol. The first kappa shape index (κ1) is 37.0. The van der Waals surface area contributed by atoms with E-state index in [-0.39, 0.29) is 17.5 Å². The molecule has 61 heavy (non-hydrogen) atoms. The van der Waals surface area contributed by atoms with E-state index in [4.69, 9.17) is 8.83 Å². The highest BCUT2D eigenvalue weighted by Crippen LogP contribution is 2.43. The third-order valence-corrected chi connectivity index (χ3v) is 10.4. The lowest BCUT2D eigenvalue weighted by molar-refractivity contribution is 0.454. The van der Waals surface area contributed by atoms with Crippen molar-refractivity contribution >= 4 is 44.0 Å². The van der Waals surface area contributed by atoms with Crippen molar-refractivity contribution in [1.82, 2.24) is 14.5 Å². The minimum atomic E-state index is -2.06. The zero-order valence-corrected chi connectivity index (χ0v) is 30.4. The van der Waals surface area contributed by atoms with Gasteiger partial charge in [-0.2, -0.15) is 10.5 Å². The summed E-state index contributed by atoms with van der Waals surface area (Å²) in [5.74, 6) is -15.9. The number of nitriles is 2. The predicted octanol–water partition coefficient (Wildman–Crippen LogP) is 12.6. The molecule has 0 saturated carbocycles. The van der Waals surface area contributed by atoms with E-state index in [9.17, 15) is 10.5 Å². The van der Waals surface area contributed by atoms with E-state index in [1.807, 2.05) is 0 Å². The molecule has 294 valence electrons. The van der Waals surface area contributed by atoms with Gasteiger partial charge in [0.1, 0.15) is 34.3 Å². The van der Waals surface area contributed by atoms with Gasteiger partial charge in [0, 0.05) is 27.6 Å². The van der Waals surface area contributed by atoms with Gasteiger partial charge in [0.05, 0.1) is 22.2 Å². The summed E-state index contributed by atoms with van der Waals surface area (Å²) in [6, 6.07) is 29.0. The molecule has 3 aromatic heterocycles. The third-order valence-electron chi connectivity index (χ3n) is 10.4. The Bertz CT molecular complexity index is 3280. The van der Waals surface area contributed by atoms with Crippen LogP contribution in [0.15, 0.2) is 112 Å². The second-order valence-electron chi connectivity index (χ2n) is 13.8. The van der Waals surface area contributed by atoms with E-state index in [2.05, 4.69) is 9.97 Å². The summed E-state index contributed by atoms with van der Waals surface area (Å²) < 4.78 is 137. The highest BCUT2D eigenvalue weighted by molar-refractivity contribution is 6.11. The molecule has 0 aliphatic rings. The second kappa shape index (κ2) is 13.6.